The minimum absolute atomic E-state index is 0.0256. The first-order valence-electron chi connectivity index (χ1n) is 16.8. The fourth-order valence-corrected chi connectivity index (χ4v) is 5.08. The number of aliphatic hydroxyl groups is 1. The average Bonchev–Trinajstić information content (AvgIpc) is 3.00. The maximum Gasteiger partial charge on any atom is 0.272 e. The van der Waals surface area contributed by atoms with Crippen LogP contribution in [-0.2, 0) is 24.0 Å². The maximum absolute atomic E-state index is 13.6. The molecule has 7 N–H and O–H groups in total. The summed E-state index contributed by atoms with van der Waals surface area (Å²) in [6.45, 7) is 17.7. The van der Waals surface area contributed by atoms with Crippen molar-refractivity contribution in [2.75, 3.05) is 6.54 Å². The second-order valence-electron chi connectivity index (χ2n) is 13.1. The molecule has 0 aromatic heterocycles. The van der Waals surface area contributed by atoms with E-state index in [1.165, 1.54) is 12.2 Å². The molecular weight excluding hydrogens is 590 g/mol. The van der Waals surface area contributed by atoms with Gasteiger partial charge in [0, 0.05) is 18.5 Å². The zero-order chi connectivity index (χ0) is 35.0. The van der Waals surface area contributed by atoms with Gasteiger partial charge in [-0.25, -0.2) is 0 Å². The van der Waals surface area contributed by atoms with Crippen LogP contribution in [0.2, 0.25) is 0 Å². The zero-order valence-corrected chi connectivity index (χ0v) is 29.2. The Labute approximate surface area is 274 Å². The van der Waals surface area contributed by atoms with Gasteiger partial charge in [0.15, 0.2) is 6.23 Å². The first-order chi connectivity index (χ1) is 21.6. The van der Waals surface area contributed by atoms with Gasteiger partial charge in [-0.2, -0.15) is 5.10 Å². The van der Waals surface area contributed by atoms with E-state index in [1.807, 2.05) is 48.5 Å². The molecule has 0 radical (unpaired) electrons. The molecule has 1 heterocycles. The van der Waals surface area contributed by atoms with Crippen LogP contribution in [0.15, 0.2) is 17.3 Å². The summed E-state index contributed by atoms with van der Waals surface area (Å²) in [6, 6.07) is -2.58. The molecule has 0 spiro atoms. The molecule has 13 nitrogen and oxygen atoms in total. The number of aliphatic hydroxyl groups excluding tert-OH is 1. The monoisotopic (exact) mass is 649 g/mol. The summed E-state index contributed by atoms with van der Waals surface area (Å²) in [4.78, 5) is 65.3. The largest absolute Gasteiger partial charge is 0.369 e. The molecule has 0 aliphatic carbocycles. The molecule has 46 heavy (non-hydrogen) atoms. The lowest BCUT2D eigenvalue weighted by atomic mass is 9.94. The van der Waals surface area contributed by atoms with Crippen LogP contribution >= 0.6 is 0 Å². The van der Waals surface area contributed by atoms with Gasteiger partial charge in [-0.3, -0.25) is 29.4 Å². The third kappa shape index (κ3) is 13.9. The molecule has 0 fully saturated rings. The predicted molar refractivity (Wildman–Crippen MR) is 179 cm³/mol. The van der Waals surface area contributed by atoms with Gasteiger partial charge in [-0.15, -0.1) is 0 Å². The summed E-state index contributed by atoms with van der Waals surface area (Å²) in [7, 11) is 0. The predicted octanol–water partition coefficient (Wildman–Crippen LogP) is 1.86. The molecule has 0 saturated heterocycles. The van der Waals surface area contributed by atoms with E-state index in [9.17, 15) is 29.1 Å². The number of hydrogen-bond acceptors (Lipinski definition) is 8. The highest BCUT2D eigenvalue weighted by Gasteiger charge is 2.32. The van der Waals surface area contributed by atoms with E-state index in [1.54, 1.807) is 0 Å². The Balaban J connectivity index is 2.95. The highest BCUT2D eigenvalue weighted by molar-refractivity contribution is 6.43. The van der Waals surface area contributed by atoms with E-state index in [0.29, 0.717) is 45.1 Å². The van der Waals surface area contributed by atoms with Crippen LogP contribution in [0.3, 0.4) is 0 Å². The molecule has 0 bridgehead atoms. The topological polar surface area (TPSA) is 190 Å². The van der Waals surface area contributed by atoms with Crippen LogP contribution in [-0.4, -0.2) is 77.3 Å². The lowest BCUT2D eigenvalue weighted by Gasteiger charge is -2.28. The number of hydrogen-bond donors (Lipinski definition) is 7. The molecule has 0 saturated carbocycles. The number of nitrogens with zero attached hydrogens (tertiary/aromatic N) is 1. The molecule has 5 amide bonds. The van der Waals surface area contributed by atoms with Gasteiger partial charge in [0.2, 0.25) is 23.6 Å². The third-order valence-corrected chi connectivity index (χ3v) is 8.07. The molecule has 1 rings (SSSR count). The quantitative estimate of drug-likeness (QED) is 0.105. The molecule has 0 aromatic carbocycles. The van der Waals surface area contributed by atoms with Crippen LogP contribution in [0.1, 0.15) is 101 Å². The van der Waals surface area contributed by atoms with E-state index < -0.39 is 36.2 Å². The Bertz CT molecular complexity index is 1080. The second-order valence-corrected chi connectivity index (χ2v) is 13.1. The van der Waals surface area contributed by atoms with Gasteiger partial charge >= 0.3 is 0 Å². The lowest BCUT2D eigenvalue weighted by Crippen LogP contribution is -2.57. The van der Waals surface area contributed by atoms with E-state index in [4.69, 9.17) is 0 Å². The Kier molecular flexibility index (Phi) is 18.2. The van der Waals surface area contributed by atoms with Gasteiger partial charge < -0.3 is 31.7 Å². The number of rotatable bonds is 20. The normalized spacial score (nSPS) is 18.3. The van der Waals surface area contributed by atoms with E-state index >= 15 is 0 Å². The maximum atomic E-state index is 13.6. The Morgan fingerprint density at radius 1 is 0.826 bits per heavy atom. The van der Waals surface area contributed by atoms with E-state index in [-0.39, 0.29) is 53.1 Å². The summed E-state index contributed by atoms with van der Waals surface area (Å²) >= 11 is 0. The van der Waals surface area contributed by atoms with Crippen molar-refractivity contribution >= 4 is 35.2 Å². The van der Waals surface area contributed by atoms with Crippen molar-refractivity contribution in [2.45, 2.75) is 131 Å². The first kappa shape index (κ1) is 40.5. The number of nitrogens with one attached hydrogen (secondary N) is 6. The third-order valence-electron chi connectivity index (χ3n) is 8.07. The van der Waals surface area contributed by atoms with Crippen molar-refractivity contribution in [3.8, 4) is 0 Å². The van der Waals surface area contributed by atoms with Gasteiger partial charge in [-0.1, -0.05) is 68.2 Å². The molecule has 7 atom stereocenters. The number of carbonyl (C=O) groups is 5. The highest BCUT2D eigenvalue weighted by atomic mass is 16.3. The summed E-state index contributed by atoms with van der Waals surface area (Å²) in [5, 5.41) is 27.7. The molecule has 1 aliphatic rings. The Morgan fingerprint density at radius 3 is 2.02 bits per heavy atom. The van der Waals surface area contributed by atoms with Crippen molar-refractivity contribution in [3.63, 3.8) is 0 Å². The van der Waals surface area contributed by atoms with Crippen LogP contribution < -0.4 is 32.0 Å². The number of likely N-dealkylation sites (N-methyl/N-ethyl adjacent to an activating group) is 1. The summed E-state index contributed by atoms with van der Waals surface area (Å²) < 4.78 is 0. The van der Waals surface area contributed by atoms with Crippen LogP contribution in [0, 0.1) is 23.7 Å². The minimum Gasteiger partial charge on any atom is -0.369 e. The van der Waals surface area contributed by atoms with Crippen molar-refractivity contribution in [3.05, 3.63) is 12.2 Å². The fourth-order valence-electron chi connectivity index (χ4n) is 5.08. The van der Waals surface area contributed by atoms with Gasteiger partial charge in [-0.05, 0) is 62.5 Å². The Hall–Kier alpha value is -3.48. The SMILES string of the molecule is CCC[C@H](NC(=O)[C@@H](NC(=O)C1=NNC(O)C=C1)[C@@H](C)CC)C(=O)N[C@H](CC[C@@H](C)C(=O)NC(C(=O)NCC)C(C)C)CC(C)C. The van der Waals surface area contributed by atoms with Crippen molar-refractivity contribution < 1.29 is 29.1 Å². The molecule has 262 valence electrons. The van der Waals surface area contributed by atoms with Crippen LogP contribution in [0.5, 0.6) is 0 Å². The number of amides is 5. The summed E-state index contributed by atoms with van der Waals surface area (Å²) in [6.07, 6.45) is 5.13. The zero-order valence-electron chi connectivity index (χ0n) is 29.2. The smallest absolute Gasteiger partial charge is 0.272 e. The van der Waals surface area contributed by atoms with Crippen molar-refractivity contribution in [1.29, 1.82) is 0 Å². The molecule has 2 unspecified atom stereocenters. The van der Waals surface area contributed by atoms with E-state index in [2.05, 4.69) is 51.0 Å². The first-order valence-corrected chi connectivity index (χ1v) is 16.8. The van der Waals surface area contributed by atoms with Gasteiger partial charge in [0.05, 0.1) is 0 Å². The molecule has 1 aliphatic heterocycles. The van der Waals surface area contributed by atoms with E-state index in [0.717, 1.165) is 0 Å². The Morgan fingerprint density at radius 2 is 1.50 bits per heavy atom. The van der Waals surface area contributed by atoms with Crippen molar-refractivity contribution in [2.24, 2.45) is 28.8 Å². The fraction of sp³-hybridized carbons (Fsp3) is 0.758. The lowest BCUT2D eigenvalue weighted by molar-refractivity contribution is -0.132. The molecule has 0 aromatic rings. The minimum atomic E-state index is -0.991. The van der Waals surface area contributed by atoms with Crippen molar-refractivity contribution in [1.82, 2.24) is 32.0 Å². The van der Waals surface area contributed by atoms with Gasteiger partial charge in [0.1, 0.15) is 23.8 Å². The number of carbonyl (C=O) groups excluding carboxylic acids is 5. The van der Waals surface area contributed by atoms with Crippen LogP contribution in [0.25, 0.3) is 0 Å². The summed E-state index contributed by atoms with van der Waals surface area (Å²) in [5.41, 5.74) is 2.43. The molecular formula is C33H59N7O6. The van der Waals surface area contributed by atoms with Crippen LogP contribution in [0.4, 0.5) is 0 Å². The van der Waals surface area contributed by atoms with Gasteiger partial charge in [0.25, 0.3) is 5.91 Å². The average molecular weight is 650 g/mol. The summed E-state index contributed by atoms with van der Waals surface area (Å²) in [5.74, 6) is -2.20. The number of hydrazone groups is 1. The second kappa shape index (κ2) is 20.6. The highest BCUT2D eigenvalue weighted by Crippen LogP contribution is 2.17. The molecule has 13 heteroatoms. The standard InChI is InChI=1S/C33H59N7O6/c1-10-13-24(36-33(46)28(21(8)11-2)38-31(44)25-16-17-26(41)40-39-25)30(43)35-23(18-19(4)5)15-14-22(9)29(42)37-27(20(6)7)32(45)34-12-3/h16-17,19-24,26-28,40-41H,10-15,18H2,1-9H3,(H,34,45)(H,35,43)(H,36,46)(H,37,42)(H,38,44)/t21-,22+,23+,24-,26?,27?,28-/m0/s1.